The topological polar surface area (TPSA) is 46.2 Å². The molecule has 0 aliphatic rings. The van der Waals surface area contributed by atoms with Crippen molar-refractivity contribution in [3.05, 3.63) is 34.3 Å². The molecule has 0 aliphatic carbocycles. The molecule has 0 unspecified atom stereocenters. The Morgan fingerprint density at radius 3 is 2.21 bits per heavy atom. The van der Waals surface area contributed by atoms with Gasteiger partial charge in [-0.3, -0.25) is 9.59 Å². The van der Waals surface area contributed by atoms with Crippen LogP contribution in [-0.4, -0.2) is 17.7 Å². The lowest BCUT2D eigenvalue weighted by Gasteiger charge is -2.14. The highest BCUT2D eigenvalue weighted by atomic mass is 79.9. The number of ketones is 1. The quantitative estimate of drug-likeness (QED) is 0.776. The first-order chi connectivity index (χ1) is 9.06. The summed E-state index contributed by atoms with van der Waals surface area (Å²) in [5, 5.41) is 2.93. The molecule has 4 heteroatoms. The Kier molecular flexibility index (Phi) is 6.78. The van der Waals surface area contributed by atoms with E-state index in [1.807, 2.05) is 26.0 Å². The largest absolute Gasteiger partial charge is 0.353 e. The predicted molar refractivity (Wildman–Crippen MR) is 80.2 cm³/mol. The monoisotopic (exact) mass is 325 g/mol. The summed E-state index contributed by atoms with van der Waals surface area (Å²) in [7, 11) is 0. The maximum absolute atomic E-state index is 11.9. The van der Waals surface area contributed by atoms with Crippen LogP contribution in [-0.2, 0) is 4.79 Å². The minimum Gasteiger partial charge on any atom is -0.353 e. The van der Waals surface area contributed by atoms with Gasteiger partial charge in [0.1, 0.15) is 0 Å². The lowest BCUT2D eigenvalue weighted by atomic mass is 10.1. The van der Waals surface area contributed by atoms with Gasteiger partial charge in [0.05, 0.1) is 0 Å². The van der Waals surface area contributed by atoms with E-state index in [4.69, 9.17) is 0 Å². The number of amides is 1. The molecular weight excluding hydrogens is 306 g/mol. The van der Waals surface area contributed by atoms with Gasteiger partial charge in [-0.25, -0.2) is 0 Å². The number of halogens is 1. The fourth-order valence-electron chi connectivity index (χ4n) is 1.80. The summed E-state index contributed by atoms with van der Waals surface area (Å²) >= 11 is 3.32. The smallest absolute Gasteiger partial charge is 0.220 e. The Bertz CT molecular complexity index is 424. The molecular formula is C15H20BrNO2. The van der Waals surface area contributed by atoms with Crippen molar-refractivity contribution in [1.82, 2.24) is 5.32 Å². The molecule has 0 saturated heterocycles. The number of carbonyl (C=O) groups is 2. The third-order valence-electron chi connectivity index (χ3n) is 3.10. The molecule has 0 saturated carbocycles. The van der Waals surface area contributed by atoms with Gasteiger partial charge in [0.25, 0.3) is 0 Å². The van der Waals surface area contributed by atoms with E-state index in [0.29, 0.717) is 5.56 Å². The molecule has 1 aromatic rings. The van der Waals surface area contributed by atoms with E-state index < -0.39 is 0 Å². The van der Waals surface area contributed by atoms with Crippen LogP contribution in [0, 0.1) is 0 Å². The summed E-state index contributed by atoms with van der Waals surface area (Å²) in [5.41, 5.74) is 0.651. The number of rotatable bonds is 7. The Hall–Kier alpha value is -1.16. The zero-order valence-corrected chi connectivity index (χ0v) is 13.0. The van der Waals surface area contributed by atoms with Crippen LogP contribution in [0.15, 0.2) is 28.7 Å². The van der Waals surface area contributed by atoms with Crippen LogP contribution in [0.5, 0.6) is 0 Å². The molecule has 1 amide bonds. The maximum Gasteiger partial charge on any atom is 0.220 e. The van der Waals surface area contributed by atoms with Crippen LogP contribution in [0.1, 0.15) is 49.9 Å². The molecule has 1 rings (SSSR count). The van der Waals surface area contributed by atoms with E-state index in [0.717, 1.165) is 17.3 Å². The number of hydrogen-bond donors (Lipinski definition) is 1. The average molecular weight is 326 g/mol. The highest BCUT2D eigenvalue weighted by molar-refractivity contribution is 9.10. The fraction of sp³-hybridized carbons (Fsp3) is 0.467. The highest BCUT2D eigenvalue weighted by Crippen LogP contribution is 2.12. The van der Waals surface area contributed by atoms with Gasteiger partial charge in [0.2, 0.25) is 5.91 Å². The van der Waals surface area contributed by atoms with Crippen LogP contribution in [0.3, 0.4) is 0 Å². The van der Waals surface area contributed by atoms with Gasteiger partial charge in [-0.15, -0.1) is 0 Å². The molecule has 0 radical (unpaired) electrons. The number of nitrogens with one attached hydrogen (secondary N) is 1. The van der Waals surface area contributed by atoms with Crippen molar-refractivity contribution >= 4 is 27.6 Å². The van der Waals surface area contributed by atoms with Crippen LogP contribution in [0.2, 0.25) is 0 Å². The van der Waals surface area contributed by atoms with Gasteiger partial charge in [0.15, 0.2) is 5.78 Å². The molecule has 0 fully saturated rings. The average Bonchev–Trinajstić information content (AvgIpc) is 2.43. The summed E-state index contributed by atoms with van der Waals surface area (Å²) in [6.07, 6.45) is 2.35. The summed E-state index contributed by atoms with van der Waals surface area (Å²) < 4.78 is 0.940. The molecule has 19 heavy (non-hydrogen) atoms. The lowest BCUT2D eigenvalue weighted by molar-refractivity contribution is -0.121. The molecule has 104 valence electrons. The van der Waals surface area contributed by atoms with Crippen molar-refractivity contribution in [3.8, 4) is 0 Å². The van der Waals surface area contributed by atoms with Crippen LogP contribution < -0.4 is 5.32 Å². The SMILES string of the molecule is CCC(CC)NC(=O)CCC(=O)c1ccc(Br)cc1. The van der Waals surface area contributed by atoms with E-state index in [2.05, 4.69) is 21.2 Å². The third-order valence-corrected chi connectivity index (χ3v) is 3.62. The summed E-state index contributed by atoms with van der Waals surface area (Å²) in [4.78, 5) is 23.6. The van der Waals surface area contributed by atoms with Crippen LogP contribution in [0.25, 0.3) is 0 Å². The zero-order chi connectivity index (χ0) is 14.3. The first kappa shape index (κ1) is 15.9. The second-order valence-corrected chi connectivity index (χ2v) is 5.43. The summed E-state index contributed by atoms with van der Waals surface area (Å²) in [6, 6.07) is 7.42. The van der Waals surface area contributed by atoms with Gasteiger partial charge in [-0.05, 0) is 25.0 Å². The Morgan fingerprint density at radius 2 is 1.68 bits per heavy atom. The van der Waals surface area contributed by atoms with Crippen LogP contribution >= 0.6 is 15.9 Å². The standard InChI is InChI=1S/C15H20BrNO2/c1-3-13(4-2)17-15(19)10-9-14(18)11-5-7-12(16)8-6-11/h5-8,13H,3-4,9-10H2,1-2H3,(H,17,19). The van der Waals surface area contributed by atoms with E-state index in [-0.39, 0.29) is 30.6 Å². The highest BCUT2D eigenvalue weighted by Gasteiger charge is 2.11. The maximum atomic E-state index is 11.9. The third kappa shape index (κ3) is 5.55. The summed E-state index contributed by atoms with van der Waals surface area (Å²) in [6.45, 7) is 4.09. The van der Waals surface area contributed by atoms with E-state index in [9.17, 15) is 9.59 Å². The van der Waals surface area contributed by atoms with Crippen molar-refractivity contribution in [2.24, 2.45) is 0 Å². The van der Waals surface area contributed by atoms with Crippen LogP contribution in [0.4, 0.5) is 0 Å². The minimum absolute atomic E-state index is 0.00666. The second-order valence-electron chi connectivity index (χ2n) is 4.51. The first-order valence-corrected chi connectivity index (χ1v) is 7.44. The fourth-order valence-corrected chi connectivity index (χ4v) is 2.06. The Balaban J connectivity index is 2.41. The number of carbonyl (C=O) groups excluding carboxylic acids is 2. The van der Waals surface area contributed by atoms with E-state index in [1.165, 1.54) is 0 Å². The van der Waals surface area contributed by atoms with E-state index in [1.54, 1.807) is 12.1 Å². The van der Waals surface area contributed by atoms with Gasteiger partial charge < -0.3 is 5.32 Å². The molecule has 3 nitrogen and oxygen atoms in total. The summed E-state index contributed by atoms with van der Waals surface area (Å²) in [5.74, 6) is -0.0358. The van der Waals surface area contributed by atoms with Crippen molar-refractivity contribution in [2.75, 3.05) is 0 Å². The zero-order valence-electron chi connectivity index (χ0n) is 11.4. The number of Topliss-reactive ketones (excluding diaryl/α,β-unsaturated/α-hetero) is 1. The molecule has 0 aromatic heterocycles. The number of hydrogen-bond acceptors (Lipinski definition) is 2. The van der Waals surface area contributed by atoms with E-state index >= 15 is 0 Å². The van der Waals surface area contributed by atoms with Gasteiger partial charge in [-0.1, -0.05) is 41.9 Å². The molecule has 0 spiro atoms. The first-order valence-electron chi connectivity index (χ1n) is 6.65. The second kappa shape index (κ2) is 8.10. The van der Waals surface area contributed by atoms with Crippen molar-refractivity contribution in [1.29, 1.82) is 0 Å². The van der Waals surface area contributed by atoms with Crippen molar-refractivity contribution in [2.45, 2.75) is 45.6 Å². The van der Waals surface area contributed by atoms with Crippen molar-refractivity contribution in [3.63, 3.8) is 0 Å². The van der Waals surface area contributed by atoms with Crippen molar-refractivity contribution < 1.29 is 9.59 Å². The predicted octanol–water partition coefficient (Wildman–Crippen LogP) is 3.72. The normalized spacial score (nSPS) is 10.5. The van der Waals surface area contributed by atoms with Gasteiger partial charge in [0, 0.05) is 28.9 Å². The molecule has 0 atom stereocenters. The molecule has 0 aliphatic heterocycles. The molecule has 0 bridgehead atoms. The Labute approximate surface area is 122 Å². The lowest BCUT2D eigenvalue weighted by Crippen LogP contribution is -2.33. The Morgan fingerprint density at radius 1 is 1.11 bits per heavy atom. The molecule has 0 heterocycles. The molecule has 1 N–H and O–H groups in total. The number of benzene rings is 1. The molecule has 1 aromatic carbocycles. The minimum atomic E-state index is -0.0424. The van der Waals surface area contributed by atoms with Gasteiger partial charge >= 0.3 is 0 Å². The van der Waals surface area contributed by atoms with Gasteiger partial charge in [-0.2, -0.15) is 0 Å².